The molecule has 0 aliphatic carbocycles. The molecule has 3 amide bonds. The van der Waals surface area contributed by atoms with Crippen molar-refractivity contribution >= 4 is 60.6 Å². The SMILES string of the molecule is CC(=O)NC(Cc1csc2ccccc12)NC(=O)[C@@H](Cc1csc2ccccc12)NC(=O)C1CCNCC1. The highest BCUT2D eigenvalue weighted by Crippen LogP contribution is 2.28. The predicted octanol–water partition coefficient (Wildman–Crippen LogP) is 3.96. The molecule has 5 rings (SSSR count). The van der Waals surface area contributed by atoms with Gasteiger partial charge in [0.2, 0.25) is 17.7 Å². The highest BCUT2D eigenvalue weighted by molar-refractivity contribution is 7.17. The molecule has 0 saturated carbocycles. The molecule has 1 aliphatic heterocycles. The number of piperidine rings is 1. The van der Waals surface area contributed by atoms with E-state index >= 15 is 0 Å². The van der Waals surface area contributed by atoms with Gasteiger partial charge in [-0.3, -0.25) is 14.4 Å². The van der Waals surface area contributed by atoms with Gasteiger partial charge in [-0.15, -0.1) is 22.7 Å². The molecule has 2 aromatic carbocycles. The van der Waals surface area contributed by atoms with Crippen LogP contribution in [-0.4, -0.2) is 43.0 Å². The first kappa shape index (κ1) is 26.3. The third kappa shape index (κ3) is 6.23. The fourth-order valence-electron chi connectivity index (χ4n) is 5.06. The Kier molecular flexibility index (Phi) is 8.36. The van der Waals surface area contributed by atoms with E-state index in [1.165, 1.54) is 6.92 Å². The molecule has 1 aliphatic rings. The van der Waals surface area contributed by atoms with Gasteiger partial charge < -0.3 is 21.3 Å². The zero-order chi connectivity index (χ0) is 26.5. The zero-order valence-corrected chi connectivity index (χ0v) is 22.9. The summed E-state index contributed by atoms with van der Waals surface area (Å²) in [6.07, 6.45) is 1.73. The summed E-state index contributed by atoms with van der Waals surface area (Å²) in [5.41, 5.74) is 2.08. The van der Waals surface area contributed by atoms with Gasteiger partial charge in [0.05, 0.1) is 0 Å². The first-order valence-electron chi connectivity index (χ1n) is 13.0. The molecule has 38 heavy (non-hydrogen) atoms. The van der Waals surface area contributed by atoms with Crippen LogP contribution in [-0.2, 0) is 27.2 Å². The number of benzene rings is 2. The molecule has 4 N–H and O–H groups in total. The van der Waals surface area contributed by atoms with Crippen LogP contribution in [0.15, 0.2) is 59.3 Å². The third-order valence-electron chi connectivity index (χ3n) is 7.01. The van der Waals surface area contributed by atoms with E-state index in [1.807, 2.05) is 30.3 Å². The number of amides is 3. The van der Waals surface area contributed by atoms with E-state index < -0.39 is 12.2 Å². The van der Waals surface area contributed by atoms with E-state index in [-0.39, 0.29) is 23.6 Å². The Bertz CT molecular complexity index is 1440. The number of rotatable bonds is 9. The molecule has 7 nitrogen and oxygen atoms in total. The second-order valence-corrected chi connectivity index (χ2v) is 11.6. The largest absolute Gasteiger partial charge is 0.344 e. The first-order chi connectivity index (χ1) is 18.5. The molecule has 0 spiro atoms. The standard InChI is InChI=1S/C29H32N4O3S2/c1-18(34)31-27(15-21-17-38-26-9-5-3-7-23(21)26)33-29(36)24(32-28(35)19-10-12-30-13-11-19)14-20-16-37-25-8-4-2-6-22(20)25/h2-9,16-17,19,24,27,30H,10-15H2,1H3,(H,31,34)(H,32,35)(H,33,36)/t24-,27?/m1/s1. The van der Waals surface area contributed by atoms with Crippen LogP contribution >= 0.6 is 22.7 Å². The smallest absolute Gasteiger partial charge is 0.244 e. The quantitative estimate of drug-likeness (QED) is 0.238. The van der Waals surface area contributed by atoms with Gasteiger partial charge in [0, 0.05) is 35.1 Å². The fourth-order valence-corrected chi connectivity index (χ4v) is 7.01. The van der Waals surface area contributed by atoms with E-state index in [9.17, 15) is 14.4 Å². The molecule has 198 valence electrons. The van der Waals surface area contributed by atoms with Crippen molar-refractivity contribution in [3.8, 4) is 0 Å². The van der Waals surface area contributed by atoms with Crippen LogP contribution in [0.4, 0.5) is 0 Å². The average molecular weight is 549 g/mol. The second kappa shape index (κ2) is 12.1. The van der Waals surface area contributed by atoms with E-state index in [0.717, 1.165) is 57.2 Å². The first-order valence-corrected chi connectivity index (χ1v) is 14.7. The summed E-state index contributed by atoms with van der Waals surface area (Å²) in [5.74, 6) is -0.741. The highest BCUT2D eigenvalue weighted by Gasteiger charge is 2.29. The molecule has 1 unspecified atom stereocenters. The van der Waals surface area contributed by atoms with Gasteiger partial charge in [-0.2, -0.15) is 0 Å². The number of carbonyl (C=O) groups is 3. The lowest BCUT2D eigenvalue weighted by atomic mass is 9.96. The fraction of sp³-hybridized carbons (Fsp3) is 0.345. The Labute approximate surface area is 230 Å². The summed E-state index contributed by atoms with van der Waals surface area (Å²) in [6, 6.07) is 15.4. The number of hydrogen-bond acceptors (Lipinski definition) is 6. The Balaban J connectivity index is 1.37. The van der Waals surface area contributed by atoms with E-state index in [0.29, 0.717) is 12.8 Å². The van der Waals surface area contributed by atoms with Crippen LogP contribution < -0.4 is 21.3 Å². The van der Waals surface area contributed by atoms with Crippen LogP contribution in [0, 0.1) is 5.92 Å². The number of fused-ring (bicyclic) bond motifs is 2. The molecule has 0 bridgehead atoms. The minimum Gasteiger partial charge on any atom is -0.344 e. The Morgan fingerprint density at radius 1 is 0.842 bits per heavy atom. The molecule has 9 heteroatoms. The molecule has 1 fully saturated rings. The molecular formula is C29H32N4O3S2. The Morgan fingerprint density at radius 2 is 1.42 bits per heavy atom. The van der Waals surface area contributed by atoms with Crippen LogP contribution in [0.5, 0.6) is 0 Å². The molecule has 0 radical (unpaired) electrons. The summed E-state index contributed by atoms with van der Waals surface area (Å²) in [7, 11) is 0. The summed E-state index contributed by atoms with van der Waals surface area (Å²) in [6.45, 7) is 3.03. The second-order valence-electron chi connectivity index (χ2n) is 9.77. The van der Waals surface area contributed by atoms with Crippen LogP contribution in [0.3, 0.4) is 0 Å². The van der Waals surface area contributed by atoms with Gasteiger partial charge in [-0.1, -0.05) is 36.4 Å². The van der Waals surface area contributed by atoms with Gasteiger partial charge in [0.15, 0.2) is 0 Å². The highest BCUT2D eigenvalue weighted by atomic mass is 32.1. The number of hydrogen-bond donors (Lipinski definition) is 4. The molecule has 4 aromatic rings. The molecular weight excluding hydrogens is 516 g/mol. The summed E-state index contributed by atoms with van der Waals surface area (Å²) < 4.78 is 2.30. The van der Waals surface area contributed by atoms with Gasteiger partial charge in [-0.05, 0) is 70.7 Å². The van der Waals surface area contributed by atoms with Crippen molar-refractivity contribution in [1.82, 2.24) is 21.3 Å². The summed E-state index contributed by atoms with van der Waals surface area (Å²) in [5, 5.41) is 18.6. The van der Waals surface area contributed by atoms with Crippen molar-refractivity contribution in [2.24, 2.45) is 5.92 Å². The van der Waals surface area contributed by atoms with Gasteiger partial charge in [-0.25, -0.2) is 0 Å². The van der Waals surface area contributed by atoms with Crippen molar-refractivity contribution in [2.45, 2.75) is 44.8 Å². The predicted molar refractivity (Wildman–Crippen MR) is 154 cm³/mol. The normalized spacial score (nSPS) is 15.7. The zero-order valence-electron chi connectivity index (χ0n) is 21.3. The van der Waals surface area contributed by atoms with E-state index in [1.54, 1.807) is 22.7 Å². The Hall–Kier alpha value is -3.27. The molecule has 3 heterocycles. The van der Waals surface area contributed by atoms with Crippen molar-refractivity contribution < 1.29 is 14.4 Å². The minimum atomic E-state index is -0.758. The number of nitrogens with one attached hydrogen (secondary N) is 4. The summed E-state index contributed by atoms with van der Waals surface area (Å²) in [4.78, 5) is 39.0. The number of thiophene rings is 2. The third-order valence-corrected chi connectivity index (χ3v) is 9.03. The monoisotopic (exact) mass is 548 g/mol. The van der Waals surface area contributed by atoms with Gasteiger partial charge in [0.25, 0.3) is 0 Å². The van der Waals surface area contributed by atoms with E-state index in [2.05, 4.69) is 50.2 Å². The van der Waals surface area contributed by atoms with Crippen LogP contribution in [0.25, 0.3) is 20.2 Å². The minimum absolute atomic E-state index is 0.0916. The van der Waals surface area contributed by atoms with Crippen LogP contribution in [0.2, 0.25) is 0 Å². The maximum absolute atomic E-state index is 13.7. The molecule has 1 saturated heterocycles. The van der Waals surface area contributed by atoms with Gasteiger partial charge >= 0.3 is 0 Å². The van der Waals surface area contributed by atoms with Crippen molar-refractivity contribution in [2.75, 3.05) is 13.1 Å². The topological polar surface area (TPSA) is 99.3 Å². The molecule has 2 atom stereocenters. The average Bonchev–Trinajstić information content (AvgIpc) is 3.52. The lowest BCUT2D eigenvalue weighted by Gasteiger charge is -2.27. The maximum atomic E-state index is 13.7. The molecule has 2 aromatic heterocycles. The lowest BCUT2D eigenvalue weighted by molar-refractivity contribution is -0.132. The van der Waals surface area contributed by atoms with E-state index in [4.69, 9.17) is 0 Å². The maximum Gasteiger partial charge on any atom is 0.244 e. The van der Waals surface area contributed by atoms with Crippen molar-refractivity contribution in [3.63, 3.8) is 0 Å². The van der Waals surface area contributed by atoms with Crippen LogP contribution in [0.1, 0.15) is 30.9 Å². The Morgan fingerprint density at radius 3 is 2.03 bits per heavy atom. The van der Waals surface area contributed by atoms with Crippen molar-refractivity contribution in [3.05, 3.63) is 70.4 Å². The number of carbonyl (C=O) groups excluding carboxylic acids is 3. The lowest BCUT2D eigenvalue weighted by Crippen LogP contribution is -2.56. The van der Waals surface area contributed by atoms with Crippen molar-refractivity contribution in [1.29, 1.82) is 0 Å². The summed E-state index contributed by atoms with van der Waals surface area (Å²) >= 11 is 3.27. The van der Waals surface area contributed by atoms with Gasteiger partial charge in [0.1, 0.15) is 12.2 Å².